The molecule has 0 saturated carbocycles. The van der Waals surface area contributed by atoms with E-state index in [9.17, 15) is 0 Å². The molecule has 17 heavy (non-hydrogen) atoms. The van der Waals surface area contributed by atoms with Gasteiger partial charge in [0, 0.05) is 25.0 Å². The summed E-state index contributed by atoms with van der Waals surface area (Å²) in [6, 6.07) is 2.27. The van der Waals surface area contributed by atoms with Gasteiger partial charge in [0.2, 0.25) is 0 Å². The SMILES string of the molecule is CCc1cc(CN2CCC(CBr)C2)n(CC)n1. The number of hydrogen-bond donors (Lipinski definition) is 0. The summed E-state index contributed by atoms with van der Waals surface area (Å²) in [4.78, 5) is 2.55. The van der Waals surface area contributed by atoms with Crippen LogP contribution in [0.15, 0.2) is 6.07 Å². The van der Waals surface area contributed by atoms with Crippen LogP contribution in [0.3, 0.4) is 0 Å². The van der Waals surface area contributed by atoms with E-state index in [4.69, 9.17) is 0 Å². The van der Waals surface area contributed by atoms with Crippen molar-refractivity contribution >= 4 is 15.9 Å². The fraction of sp³-hybridized carbons (Fsp3) is 0.769. The van der Waals surface area contributed by atoms with Crippen molar-refractivity contribution in [3.05, 3.63) is 17.5 Å². The Balaban J connectivity index is 2.00. The fourth-order valence-corrected chi connectivity index (χ4v) is 3.03. The molecule has 96 valence electrons. The highest BCUT2D eigenvalue weighted by Gasteiger charge is 2.22. The first-order chi connectivity index (χ1) is 8.26. The molecular formula is C13H22BrN3. The number of aryl methyl sites for hydroxylation is 2. The summed E-state index contributed by atoms with van der Waals surface area (Å²) >= 11 is 3.59. The van der Waals surface area contributed by atoms with Gasteiger partial charge in [-0.15, -0.1) is 0 Å². The zero-order valence-corrected chi connectivity index (χ0v) is 12.4. The second-order valence-corrected chi connectivity index (χ2v) is 5.49. The van der Waals surface area contributed by atoms with Crippen molar-refractivity contribution < 1.29 is 0 Å². The van der Waals surface area contributed by atoms with Crippen LogP contribution in [0.1, 0.15) is 31.7 Å². The molecule has 3 nitrogen and oxygen atoms in total. The predicted molar refractivity (Wildman–Crippen MR) is 74.5 cm³/mol. The van der Waals surface area contributed by atoms with E-state index in [-0.39, 0.29) is 0 Å². The first kappa shape index (κ1) is 13.1. The van der Waals surface area contributed by atoms with E-state index in [0.717, 1.165) is 30.8 Å². The van der Waals surface area contributed by atoms with Crippen molar-refractivity contribution in [3.8, 4) is 0 Å². The molecule has 1 unspecified atom stereocenters. The van der Waals surface area contributed by atoms with Crippen molar-refractivity contribution in [2.24, 2.45) is 5.92 Å². The number of aromatic nitrogens is 2. The van der Waals surface area contributed by atoms with Crippen molar-refractivity contribution in [2.45, 2.75) is 39.8 Å². The fourth-order valence-electron chi connectivity index (χ4n) is 2.50. The zero-order valence-electron chi connectivity index (χ0n) is 10.8. The third-order valence-electron chi connectivity index (χ3n) is 3.55. The van der Waals surface area contributed by atoms with Gasteiger partial charge < -0.3 is 0 Å². The summed E-state index contributed by atoms with van der Waals surface area (Å²) in [5, 5.41) is 5.74. The van der Waals surface area contributed by atoms with Crippen LogP contribution < -0.4 is 0 Å². The summed E-state index contributed by atoms with van der Waals surface area (Å²) in [6.45, 7) is 8.83. The molecule has 1 aromatic heterocycles. The molecule has 1 aliphatic heterocycles. The van der Waals surface area contributed by atoms with Gasteiger partial charge in [-0.05, 0) is 38.3 Å². The molecule has 2 heterocycles. The minimum Gasteiger partial charge on any atom is -0.297 e. The average molecular weight is 300 g/mol. The van der Waals surface area contributed by atoms with Crippen molar-refractivity contribution in [1.29, 1.82) is 0 Å². The monoisotopic (exact) mass is 299 g/mol. The highest BCUT2D eigenvalue weighted by Crippen LogP contribution is 2.20. The van der Waals surface area contributed by atoms with Gasteiger partial charge in [-0.2, -0.15) is 5.10 Å². The molecular weight excluding hydrogens is 278 g/mol. The normalized spacial score (nSPS) is 21.2. The standard InChI is InChI=1S/C13H22BrN3/c1-3-12-7-13(17(4-2)15-12)10-16-6-5-11(8-14)9-16/h7,11H,3-6,8-10H2,1-2H3. The van der Waals surface area contributed by atoms with Crippen LogP contribution >= 0.6 is 15.9 Å². The Morgan fingerprint density at radius 2 is 2.29 bits per heavy atom. The Hall–Kier alpha value is -0.350. The summed E-state index contributed by atoms with van der Waals surface area (Å²) in [6.07, 6.45) is 2.36. The Labute approximate surface area is 112 Å². The molecule has 0 amide bonds. The molecule has 1 saturated heterocycles. The maximum Gasteiger partial charge on any atom is 0.0625 e. The summed E-state index contributed by atoms with van der Waals surface area (Å²) < 4.78 is 2.15. The number of hydrogen-bond acceptors (Lipinski definition) is 2. The highest BCUT2D eigenvalue weighted by molar-refractivity contribution is 9.09. The molecule has 1 fully saturated rings. The van der Waals surface area contributed by atoms with Crippen LogP contribution in [0, 0.1) is 5.92 Å². The second-order valence-electron chi connectivity index (χ2n) is 4.84. The Morgan fingerprint density at radius 3 is 2.88 bits per heavy atom. The van der Waals surface area contributed by atoms with Gasteiger partial charge >= 0.3 is 0 Å². The minimum atomic E-state index is 0.832. The van der Waals surface area contributed by atoms with E-state index in [1.807, 2.05) is 0 Å². The largest absolute Gasteiger partial charge is 0.297 e. The Kier molecular flexibility index (Phi) is 4.62. The first-order valence-corrected chi connectivity index (χ1v) is 7.72. The zero-order chi connectivity index (χ0) is 12.3. The summed E-state index contributed by atoms with van der Waals surface area (Å²) in [7, 11) is 0. The van der Waals surface area contributed by atoms with E-state index < -0.39 is 0 Å². The van der Waals surface area contributed by atoms with Gasteiger partial charge in [-0.1, -0.05) is 22.9 Å². The van der Waals surface area contributed by atoms with Gasteiger partial charge in [0.1, 0.15) is 0 Å². The van der Waals surface area contributed by atoms with Gasteiger partial charge in [-0.3, -0.25) is 9.58 Å². The van der Waals surface area contributed by atoms with Crippen LogP contribution in [0.25, 0.3) is 0 Å². The number of alkyl halides is 1. The lowest BCUT2D eigenvalue weighted by Gasteiger charge is -2.15. The summed E-state index contributed by atoms with van der Waals surface area (Å²) in [5.74, 6) is 0.832. The van der Waals surface area contributed by atoms with E-state index in [0.29, 0.717) is 0 Å². The molecule has 0 aliphatic carbocycles. The molecule has 1 aromatic rings. The average Bonchev–Trinajstić information content (AvgIpc) is 2.95. The number of halogens is 1. The topological polar surface area (TPSA) is 21.1 Å². The van der Waals surface area contributed by atoms with Crippen LogP contribution in [0.5, 0.6) is 0 Å². The summed E-state index contributed by atoms with van der Waals surface area (Å²) in [5.41, 5.74) is 2.60. The molecule has 0 radical (unpaired) electrons. The molecule has 0 N–H and O–H groups in total. The lowest BCUT2D eigenvalue weighted by atomic mass is 10.2. The minimum absolute atomic E-state index is 0.832. The maximum atomic E-state index is 4.61. The number of nitrogens with zero attached hydrogens (tertiary/aromatic N) is 3. The first-order valence-electron chi connectivity index (χ1n) is 6.60. The molecule has 0 spiro atoms. The van der Waals surface area contributed by atoms with Gasteiger partial charge in [0.25, 0.3) is 0 Å². The van der Waals surface area contributed by atoms with Crippen molar-refractivity contribution in [3.63, 3.8) is 0 Å². The Morgan fingerprint density at radius 1 is 1.47 bits per heavy atom. The molecule has 0 aromatic carbocycles. The molecule has 2 rings (SSSR count). The van der Waals surface area contributed by atoms with E-state index in [1.165, 1.54) is 30.9 Å². The van der Waals surface area contributed by atoms with Crippen molar-refractivity contribution in [2.75, 3.05) is 18.4 Å². The predicted octanol–water partition coefficient (Wildman–Crippen LogP) is 2.68. The van der Waals surface area contributed by atoms with E-state index in [2.05, 4.69) is 50.5 Å². The van der Waals surface area contributed by atoms with Crippen LogP contribution in [0.2, 0.25) is 0 Å². The van der Waals surface area contributed by atoms with E-state index in [1.54, 1.807) is 0 Å². The Bertz CT molecular complexity index is 362. The number of likely N-dealkylation sites (tertiary alicyclic amines) is 1. The highest BCUT2D eigenvalue weighted by atomic mass is 79.9. The second kappa shape index (κ2) is 6.01. The van der Waals surface area contributed by atoms with Gasteiger partial charge in [0.05, 0.1) is 11.4 Å². The lowest BCUT2D eigenvalue weighted by molar-refractivity contribution is 0.309. The van der Waals surface area contributed by atoms with Crippen LogP contribution in [-0.2, 0) is 19.5 Å². The molecule has 1 aliphatic rings. The molecule has 0 bridgehead atoms. The van der Waals surface area contributed by atoms with Crippen LogP contribution in [-0.4, -0.2) is 33.1 Å². The quantitative estimate of drug-likeness (QED) is 0.780. The van der Waals surface area contributed by atoms with Crippen molar-refractivity contribution in [1.82, 2.24) is 14.7 Å². The number of rotatable bonds is 5. The third-order valence-corrected chi connectivity index (χ3v) is 4.47. The molecule has 4 heteroatoms. The van der Waals surface area contributed by atoms with Gasteiger partial charge in [0.15, 0.2) is 0 Å². The van der Waals surface area contributed by atoms with Crippen LogP contribution in [0.4, 0.5) is 0 Å². The molecule has 1 atom stereocenters. The van der Waals surface area contributed by atoms with Gasteiger partial charge in [-0.25, -0.2) is 0 Å². The third kappa shape index (κ3) is 3.10. The van der Waals surface area contributed by atoms with E-state index >= 15 is 0 Å². The smallest absolute Gasteiger partial charge is 0.0625 e. The lowest BCUT2D eigenvalue weighted by Crippen LogP contribution is -2.22. The maximum absolute atomic E-state index is 4.61.